The van der Waals surface area contributed by atoms with Crippen molar-refractivity contribution in [3.63, 3.8) is 0 Å². The molecule has 1 saturated heterocycles. The molecule has 3 heterocycles. The van der Waals surface area contributed by atoms with Gasteiger partial charge in [0, 0.05) is 19.4 Å². The van der Waals surface area contributed by atoms with Crippen molar-refractivity contribution in [3.8, 4) is 0 Å². The number of amides is 1. The summed E-state index contributed by atoms with van der Waals surface area (Å²) in [6, 6.07) is 1.97. The largest absolute Gasteiger partial charge is 0.478 e. The number of aromatic carboxylic acids is 1. The quantitative estimate of drug-likeness (QED) is 0.829. The van der Waals surface area contributed by atoms with Gasteiger partial charge in [-0.3, -0.25) is 10.3 Å². The molecular weight excluding hydrogens is 356 g/mol. The molecule has 1 fully saturated rings. The van der Waals surface area contributed by atoms with Crippen LogP contribution in [0, 0.1) is 0 Å². The first-order valence-electron chi connectivity index (χ1n) is 8.48. The zero-order valence-corrected chi connectivity index (χ0v) is 15.8. The predicted octanol–water partition coefficient (Wildman–Crippen LogP) is 4.24. The number of ether oxygens (including phenoxy) is 2. The molecule has 0 bridgehead atoms. The Kier molecular flexibility index (Phi) is 5.15. The highest BCUT2D eigenvalue weighted by Gasteiger charge is 2.25. The highest BCUT2D eigenvalue weighted by molar-refractivity contribution is 7.23. The van der Waals surface area contributed by atoms with E-state index in [1.165, 1.54) is 11.3 Å². The van der Waals surface area contributed by atoms with Crippen LogP contribution in [0.1, 0.15) is 55.5 Å². The van der Waals surface area contributed by atoms with E-state index in [0.29, 0.717) is 11.4 Å². The molecule has 0 saturated carbocycles. The van der Waals surface area contributed by atoms with E-state index < -0.39 is 17.7 Å². The maximum atomic E-state index is 12.0. The number of carbonyl (C=O) groups excluding carboxylic acids is 1. The molecule has 0 aliphatic carbocycles. The molecule has 0 unspecified atom stereocenters. The molecule has 1 aliphatic heterocycles. The Hall–Kier alpha value is -2.19. The van der Waals surface area contributed by atoms with E-state index in [2.05, 4.69) is 10.3 Å². The number of nitrogens with zero attached hydrogens (tertiary/aromatic N) is 1. The fourth-order valence-corrected chi connectivity index (χ4v) is 4.02. The van der Waals surface area contributed by atoms with Crippen LogP contribution in [0.2, 0.25) is 0 Å². The molecule has 8 heteroatoms. The van der Waals surface area contributed by atoms with Crippen molar-refractivity contribution < 1.29 is 24.2 Å². The molecule has 0 radical (unpaired) electrons. The minimum atomic E-state index is -1.13. The Morgan fingerprint density at radius 1 is 1.35 bits per heavy atom. The van der Waals surface area contributed by atoms with Crippen molar-refractivity contribution in [1.29, 1.82) is 0 Å². The fraction of sp³-hybridized carbons (Fsp3) is 0.500. The van der Waals surface area contributed by atoms with Gasteiger partial charge in [-0.15, -0.1) is 11.3 Å². The number of carbonyl (C=O) groups is 2. The lowest BCUT2D eigenvalue weighted by Gasteiger charge is -2.21. The smallest absolute Gasteiger partial charge is 0.412 e. The number of hydrogen-bond acceptors (Lipinski definition) is 6. The first kappa shape index (κ1) is 18.6. The second-order valence-electron chi connectivity index (χ2n) is 7.24. The molecule has 7 nitrogen and oxygen atoms in total. The summed E-state index contributed by atoms with van der Waals surface area (Å²) in [5.74, 6) is -0.771. The molecule has 140 valence electrons. The van der Waals surface area contributed by atoms with Crippen molar-refractivity contribution in [2.45, 2.75) is 45.1 Å². The van der Waals surface area contributed by atoms with Crippen LogP contribution in [-0.2, 0) is 9.47 Å². The lowest BCUT2D eigenvalue weighted by molar-refractivity contribution is 0.0636. The van der Waals surface area contributed by atoms with Gasteiger partial charge < -0.3 is 14.6 Å². The van der Waals surface area contributed by atoms with Crippen LogP contribution >= 0.6 is 11.3 Å². The molecule has 2 aromatic heterocycles. The van der Waals surface area contributed by atoms with Gasteiger partial charge >= 0.3 is 12.1 Å². The monoisotopic (exact) mass is 378 g/mol. The Morgan fingerprint density at radius 2 is 2.04 bits per heavy atom. The third kappa shape index (κ3) is 4.13. The molecule has 2 N–H and O–H groups in total. The molecule has 0 atom stereocenters. The van der Waals surface area contributed by atoms with Crippen LogP contribution in [0.4, 0.5) is 9.80 Å². The average Bonchev–Trinajstić information content (AvgIpc) is 2.90. The van der Waals surface area contributed by atoms with Gasteiger partial charge in [-0.2, -0.15) is 0 Å². The fourth-order valence-electron chi connectivity index (χ4n) is 2.93. The van der Waals surface area contributed by atoms with E-state index in [1.54, 1.807) is 27.0 Å². The summed E-state index contributed by atoms with van der Waals surface area (Å²) in [7, 11) is 0. The lowest BCUT2D eigenvalue weighted by Crippen LogP contribution is -2.27. The second-order valence-corrected chi connectivity index (χ2v) is 8.29. The van der Waals surface area contributed by atoms with E-state index in [0.717, 1.165) is 36.3 Å². The Bertz CT molecular complexity index is 834. The number of hydrogen-bond donors (Lipinski definition) is 2. The van der Waals surface area contributed by atoms with Gasteiger partial charge in [-0.05, 0) is 51.2 Å². The Labute approximate surface area is 155 Å². The van der Waals surface area contributed by atoms with Crippen molar-refractivity contribution in [2.24, 2.45) is 0 Å². The zero-order valence-electron chi connectivity index (χ0n) is 15.0. The van der Waals surface area contributed by atoms with Crippen LogP contribution in [0.3, 0.4) is 0 Å². The zero-order chi connectivity index (χ0) is 18.9. The summed E-state index contributed by atoms with van der Waals surface area (Å²) >= 11 is 1.20. The number of nitrogens with one attached hydrogen (secondary N) is 1. The van der Waals surface area contributed by atoms with E-state index in [4.69, 9.17) is 9.47 Å². The SMILES string of the molecule is CC(C)(C)OC(=O)Nc1sc2cc(C3CCOCC3)cnc2c1C(=O)O. The van der Waals surface area contributed by atoms with E-state index in [-0.39, 0.29) is 10.6 Å². The van der Waals surface area contributed by atoms with Crippen LogP contribution in [0.5, 0.6) is 0 Å². The number of carboxylic acids is 1. The summed E-state index contributed by atoms with van der Waals surface area (Å²) in [5.41, 5.74) is 0.778. The Morgan fingerprint density at radius 3 is 2.65 bits per heavy atom. The minimum Gasteiger partial charge on any atom is -0.478 e. The standard InChI is InChI=1S/C18H22N2O5S/c1-18(2,3)25-17(23)20-15-13(16(21)22)14-12(26-15)8-11(9-19-14)10-4-6-24-7-5-10/h8-10H,4-7H2,1-3H3,(H,20,23)(H,21,22). The van der Waals surface area contributed by atoms with Crippen molar-refractivity contribution in [2.75, 3.05) is 18.5 Å². The average molecular weight is 378 g/mol. The summed E-state index contributed by atoms with van der Waals surface area (Å²) in [5, 5.41) is 12.4. The minimum absolute atomic E-state index is 0.00520. The number of carboxylic acid groups (broad SMARTS) is 1. The predicted molar refractivity (Wildman–Crippen MR) is 99.2 cm³/mol. The summed E-state index contributed by atoms with van der Waals surface area (Å²) < 4.78 is 11.3. The maximum absolute atomic E-state index is 12.0. The lowest BCUT2D eigenvalue weighted by atomic mass is 9.93. The number of fused-ring (bicyclic) bond motifs is 1. The third-order valence-corrected chi connectivity index (χ3v) is 5.11. The molecule has 0 aromatic carbocycles. The molecule has 3 rings (SSSR count). The number of thiophene rings is 1. The van der Waals surface area contributed by atoms with Crippen molar-refractivity contribution in [3.05, 3.63) is 23.4 Å². The third-order valence-electron chi connectivity index (χ3n) is 4.07. The molecule has 0 spiro atoms. The van der Waals surface area contributed by atoms with Crippen molar-refractivity contribution >= 4 is 38.6 Å². The van der Waals surface area contributed by atoms with Gasteiger partial charge in [-0.1, -0.05) is 0 Å². The molecular formula is C18H22N2O5S. The molecule has 2 aromatic rings. The van der Waals surface area contributed by atoms with E-state index in [1.807, 2.05) is 6.07 Å². The number of aromatic nitrogens is 1. The summed E-state index contributed by atoms with van der Waals surface area (Å²) in [4.78, 5) is 28.1. The van der Waals surface area contributed by atoms with Crippen LogP contribution in [-0.4, -0.2) is 41.0 Å². The van der Waals surface area contributed by atoms with Gasteiger partial charge in [0.15, 0.2) is 0 Å². The van der Waals surface area contributed by atoms with Gasteiger partial charge in [-0.25, -0.2) is 9.59 Å². The van der Waals surface area contributed by atoms with E-state index in [9.17, 15) is 14.7 Å². The first-order valence-corrected chi connectivity index (χ1v) is 9.30. The van der Waals surface area contributed by atoms with Gasteiger partial charge in [0.05, 0.1) is 10.2 Å². The van der Waals surface area contributed by atoms with Crippen LogP contribution < -0.4 is 5.32 Å². The normalized spacial score (nSPS) is 15.8. The van der Waals surface area contributed by atoms with Gasteiger partial charge in [0.2, 0.25) is 0 Å². The summed E-state index contributed by atoms with van der Waals surface area (Å²) in [6.45, 7) is 6.68. The van der Waals surface area contributed by atoms with Gasteiger partial charge in [0.25, 0.3) is 0 Å². The molecule has 1 amide bonds. The topological polar surface area (TPSA) is 97.8 Å². The maximum Gasteiger partial charge on any atom is 0.412 e. The summed E-state index contributed by atoms with van der Waals surface area (Å²) in [6.07, 6.45) is 2.89. The highest BCUT2D eigenvalue weighted by atomic mass is 32.1. The number of pyridine rings is 1. The molecule has 26 heavy (non-hydrogen) atoms. The number of anilines is 1. The van der Waals surface area contributed by atoms with Crippen molar-refractivity contribution in [1.82, 2.24) is 4.98 Å². The second kappa shape index (κ2) is 7.20. The van der Waals surface area contributed by atoms with Gasteiger partial charge in [0.1, 0.15) is 16.2 Å². The van der Waals surface area contributed by atoms with Crippen LogP contribution in [0.25, 0.3) is 10.2 Å². The first-order chi connectivity index (χ1) is 12.2. The Balaban J connectivity index is 1.93. The highest BCUT2D eigenvalue weighted by Crippen LogP contribution is 2.37. The molecule has 1 aliphatic rings. The van der Waals surface area contributed by atoms with Crippen LogP contribution in [0.15, 0.2) is 12.3 Å². The van der Waals surface area contributed by atoms with E-state index >= 15 is 0 Å². The number of rotatable bonds is 3.